The molecule has 78 valence electrons. The number of hydrogen-bond acceptors (Lipinski definition) is 5. The fourth-order valence-electron chi connectivity index (χ4n) is 1.44. The molecule has 2 aromatic heterocycles. The number of nitrogens with one attached hydrogen (secondary N) is 1. The highest BCUT2D eigenvalue weighted by Gasteiger charge is 2.36. The van der Waals surface area contributed by atoms with Gasteiger partial charge in [-0.2, -0.15) is 0 Å². The fourth-order valence-corrected chi connectivity index (χ4v) is 1.44. The summed E-state index contributed by atoms with van der Waals surface area (Å²) in [7, 11) is 0. The second kappa shape index (κ2) is 2.88. The molecule has 0 bridgehead atoms. The Hall–Kier alpha value is -1.72. The highest BCUT2D eigenvalue weighted by Crippen LogP contribution is 2.44. The Bertz CT molecular complexity index is 486. The molecule has 6 heteroatoms. The molecule has 0 radical (unpaired) electrons. The first-order chi connectivity index (χ1) is 7.25. The van der Waals surface area contributed by atoms with Crippen LogP contribution in [0, 0.1) is 5.41 Å². The van der Waals surface area contributed by atoms with Crippen LogP contribution in [0.2, 0.25) is 0 Å². The van der Waals surface area contributed by atoms with E-state index in [2.05, 4.69) is 32.9 Å². The molecule has 6 nitrogen and oxygen atoms in total. The average molecular weight is 204 g/mol. The van der Waals surface area contributed by atoms with Gasteiger partial charge in [-0.05, 0) is 40.8 Å². The van der Waals surface area contributed by atoms with Gasteiger partial charge in [0.25, 0.3) is 0 Å². The third kappa shape index (κ3) is 1.62. The topological polar surface area (TPSA) is 68.0 Å². The highest BCUT2D eigenvalue weighted by molar-refractivity contribution is 5.42. The second-order valence-electron chi connectivity index (χ2n) is 4.41. The zero-order valence-corrected chi connectivity index (χ0v) is 8.51. The first-order valence-corrected chi connectivity index (χ1v) is 5.05. The van der Waals surface area contributed by atoms with E-state index in [0.29, 0.717) is 11.1 Å². The van der Waals surface area contributed by atoms with Crippen molar-refractivity contribution in [2.24, 2.45) is 5.41 Å². The molecular formula is C9H12N6. The van der Waals surface area contributed by atoms with E-state index < -0.39 is 0 Å². The van der Waals surface area contributed by atoms with Gasteiger partial charge in [-0.15, -0.1) is 14.8 Å². The van der Waals surface area contributed by atoms with Crippen molar-refractivity contribution in [1.29, 1.82) is 0 Å². The normalized spacial score (nSPS) is 17.9. The van der Waals surface area contributed by atoms with Crippen LogP contribution in [0.25, 0.3) is 5.65 Å². The van der Waals surface area contributed by atoms with Gasteiger partial charge in [-0.3, -0.25) is 0 Å². The lowest BCUT2D eigenvalue weighted by atomic mass is 10.1. The molecule has 15 heavy (non-hydrogen) atoms. The minimum Gasteiger partial charge on any atom is -0.368 e. The van der Waals surface area contributed by atoms with E-state index in [4.69, 9.17) is 0 Å². The van der Waals surface area contributed by atoms with Crippen molar-refractivity contribution in [2.45, 2.75) is 19.8 Å². The third-order valence-corrected chi connectivity index (χ3v) is 2.87. The van der Waals surface area contributed by atoms with Gasteiger partial charge in [-0.25, -0.2) is 0 Å². The van der Waals surface area contributed by atoms with Gasteiger partial charge in [0, 0.05) is 6.54 Å². The number of fused-ring (bicyclic) bond motifs is 1. The molecular weight excluding hydrogens is 192 g/mol. The van der Waals surface area contributed by atoms with E-state index in [0.717, 1.165) is 12.4 Å². The number of nitrogens with zero attached hydrogens (tertiary/aromatic N) is 5. The van der Waals surface area contributed by atoms with Gasteiger partial charge in [0.2, 0.25) is 0 Å². The van der Waals surface area contributed by atoms with Crippen molar-refractivity contribution in [2.75, 3.05) is 11.9 Å². The van der Waals surface area contributed by atoms with Crippen molar-refractivity contribution < 1.29 is 0 Å². The molecule has 0 spiro atoms. The van der Waals surface area contributed by atoms with Crippen LogP contribution in [-0.2, 0) is 0 Å². The minimum absolute atomic E-state index is 0.469. The zero-order chi connectivity index (χ0) is 10.3. The lowest BCUT2D eigenvalue weighted by Crippen LogP contribution is -2.13. The molecule has 0 aliphatic heterocycles. The van der Waals surface area contributed by atoms with Gasteiger partial charge >= 0.3 is 0 Å². The largest absolute Gasteiger partial charge is 0.368 e. The molecule has 1 N–H and O–H groups in total. The predicted molar refractivity (Wildman–Crippen MR) is 54.4 cm³/mol. The van der Waals surface area contributed by atoms with E-state index >= 15 is 0 Å². The fraction of sp³-hybridized carbons (Fsp3) is 0.556. The van der Waals surface area contributed by atoms with E-state index in [1.165, 1.54) is 17.5 Å². The van der Waals surface area contributed by atoms with Crippen LogP contribution in [0.5, 0.6) is 0 Å². The van der Waals surface area contributed by atoms with Gasteiger partial charge < -0.3 is 5.32 Å². The highest BCUT2D eigenvalue weighted by atomic mass is 15.6. The summed E-state index contributed by atoms with van der Waals surface area (Å²) in [6, 6.07) is 3.75. The molecule has 0 saturated heterocycles. The van der Waals surface area contributed by atoms with Crippen LogP contribution in [0.15, 0.2) is 12.1 Å². The summed E-state index contributed by atoms with van der Waals surface area (Å²) in [6.07, 6.45) is 2.60. The Morgan fingerprint density at radius 3 is 3.13 bits per heavy atom. The van der Waals surface area contributed by atoms with Crippen LogP contribution >= 0.6 is 0 Å². The monoisotopic (exact) mass is 204 g/mol. The van der Waals surface area contributed by atoms with Crippen molar-refractivity contribution in [3.63, 3.8) is 0 Å². The molecule has 2 heterocycles. The molecule has 1 saturated carbocycles. The Balaban J connectivity index is 1.78. The van der Waals surface area contributed by atoms with Gasteiger partial charge in [0.1, 0.15) is 5.82 Å². The maximum atomic E-state index is 4.24. The summed E-state index contributed by atoms with van der Waals surface area (Å²) in [5.41, 5.74) is 1.13. The summed E-state index contributed by atoms with van der Waals surface area (Å²) in [4.78, 5) is 0. The van der Waals surface area contributed by atoms with Crippen LogP contribution in [0.4, 0.5) is 5.82 Å². The molecule has 2 aromatic rings. The number of hydrogen-bond donors (Lipinski definition) is 1. The molecule has 0 unspecified atom stereocenters. The van der Waals surface area contributed by atoms with Crippen LogP contribution in [0.3, 0.4) is 0 Å². The molecule has 1 aliphatic rings. The van der Waals surface area contributed by atoms with Gasteiger partial charge in [-0.1, -0.05) is 6.92 Å². The summed E-state index contributed by atoms with van der Waals surface area (Å²) < 4.78 is 1.43. The van der Waals surface area contributed by atoms with E-state index in [1.54, 1.807) is 0 Å². The SMILES string of the molecule is CC1(CNc2ccc3nnnn3n2)CC1. The predicted octanol–water partition coefficient (Wildman–Crippen LogP) is 0.731. The molecule has 1 fully saturated rings. The lowest BCUT2D eigenvalue weighted by molar-refractivity contribution is 0.606. The second-order valence-corrected chi connectivity index (χ2v) is 4.41. The molecule has 1 aliphatic carbocycles. The number of rotatable bonds is 3. The first kappa shape index (κ1) is 8.58. The average Bonchev–Trinajstić information content (AvgIpc) is 2.80. The van der Waals surface area contributed by atoms with E-state index in [-0.39, 0.29) is 0 Å². The van der Waals surface area contributed by atoms with Crippen LogP contribution in [-0.4, -0.2) is 31.8 Å². The summed E-state index contributed by atoms with van der Waals surface area (Å²) in [5.74, 6) is 0.822. The third-order valence-electron chi connectivity index (χ3n) is 2.87. The number of aromatic nitrogens is 5. The lowest BCUT2D eigenvalue weighted by Gasteiger charge is -2.09. The number of anilines is 1. The smallest absolute Gasteiger partial charge is 0.200 e. The molecule has 0 atom stereocenters. The van der Waals surface area contributed by atoms with Crippen molar-refractivity contribution >= 4 is 11.5 Å². The summed E-state index contributed by atoms with van der Waals surface area (Å²) in [5, 5.41) is 18.6. The summed E-state index contributed by atoms with van der Waals surface area (Å²) >= 11 is 0. The van der Waals surface area contributed by atoms with Crippen LogP contribution in [0.1, 0.15) is 19.8 Å². The minimum atomic E-state index is 0.469. The Labute approximate surface area is 86.7 Å². The zero-order valence-electron chi connectivity index (χ0n) is 8.51. The molecule has 3 rings (SSSR count). The summed E-state index contributed by atoms with van der Waals surface area (Å²) in [6.45, 7) is 3.24. The Morgan fingerprint density at radius 1 is 1.47 bits per heavy atom. The molecule has 0 amide bonds. The molecule has 0 aromatic carbocycles. The standard InChI is InChI=1S/C9H12N6/c1-9(4-5-9)6-10-7-2-3-8-11-13-14-15(8)12-7/h2-3H,4-6H2,1H3,(H,10,12). The maximum absolute atomic E-state index is 4.24. The van der Waals surface area contributed by atoms with Gasteiger partial charge in [0.05, 0.1) is 0 Å². The van der Waals surface area contributed by atoms with Crippen molar-refractivity contribution in [3.8, 4) is 0 Å². The van der Waals surface area contributed by atoms with Gasteiger partial charge in [0.15, 0.2) is 5.65 Å². The quantitative estimate of drug-likeness (QED) is 0.798. The van der Waals surface area contributed by atoms with Crippen molar-refractivity contribution in [1.82, 2.24) is 25.3 Å². The maximum Gasteiger partial charge on any atom is 0.200 e. The van der Waals surface area contributed by atoms with Crippen molar-refractivity contribution in [3.05, 3.63) is 12.1 Å². The van der Waals surface area contributed by atoms with E-state index in [1.807, 2.05) is 12.1 Å². The Morgan fingerprint density at radius 2 is 2.33 bits per heavy atom. The Kier molecular flexibility index (Phi) is 1.65. The number of tetrazole rings is 1. The van der Waals surface area contributed by atoms with Crippen LogP contribution < -0.4 is 5.32 Å². The first-order valence-electron chi connectivity index (χ1n) is 5.05. The van der Waals surface area contributed by atoms with E-state index in [9.17, 15) is 0 Å².